The molecule has 0 aliphatic carbocycles. The molecule has 0 radical (unpaired) electrons. The monoisotopic (exact) mass is 231 g/mol. The summed E-state index contributed by atoms with van der Waals surface area (Å²) in [6, 6.07) is 5.95. The maximum Gasteiger partial charge on any atom is 0.137 e. The van der Waals surface area contributed by atoms with Crippen LogP contribution >= 0.6 is 0 Å². The lowest BCUT2D eigenvalue weighted by atomic mass is 10.2. The summed E-state index contributed by atoms with van der Waals surface area (Å²) < 4.78 is 7.33. The lowest BCUT2D eigenvalue weighted by molar-refractivity contribution is 0.339. The van der Waals surface area contributed by atoms with Crippen LogP contribution in [0.2, 0.25) is 0 Å². The summed E-state index contributed by atoms with van der Waals surface area (Å²) >= 11 is 0. The molecule has 4 nitrogen and oxygen atoms in total. The zero-order valence-corrected chi connectivity index (χ0v) is 10.5. The summed E-state index contributed by atoms with van der Waals surface area (Å²) in [5.74, 6) is 0.801. The predicted molar refractivity (Wildman–Crippen MR) is 67.0 cm³/mol. The van der Waals surface area contributed by atoms with Gasteiger partial charge in [0.25, 0.3) is 0 Å². The first-order valence-corrected chi connectivity index (χ1v) is 5.88. The van der Waals surface area contributed by atoms with Crippen LogP contribution in [0.4, 0.5) is 0 Å². The van der Waals surface area contributed by atoms with E-state index in [4.69, 9.17) is 4.74 Å². The number of hydrogen-bond acceptors (Lipinski definition) is 3. The maximum absolute atomic E-state index is 5.37. The van der Waals surface area contributed by atoms with Crippen molar-refractivity contribution in [1.82, 2.24) is 14.8 Å². The molecule has 2 aromatic rings. The summed E-state index contributed by atoms with van der Waals surface area (Å²) in [5, 5.41) is 4.41. The number of nitrogens with zero attached hydrogens (tertiary/aromatic N) is 3. The second-order valence-corrected chi connectivity index (χ2v) is 3.80. The molecule has 0 fully saturated rings. The summed E-state index contributed by atoms with van der Waals surface area (Å²) in [4.78, 5) is 4.40. The Morgan fingerprint density at radius 3 is 2.71 bits per heavy atom. The van der Waals surface area contributed by atoms with Gasteiger partial charge in [-0.3, -0.25) is 9.67 Å². The second kappa shape index (κ2) is 4.99. The van der Waals surface area contributed by atoms with Crippen LogP contribution in [0.15, 0.2) is 24.4 Å². The summed E-state index contributed by atoms with van der Waals surface area (Å²) in [6.45, 7) is 7.53. The zero-order valence-electron chi connectivity index (χ0n) is 10.5. The van der Waals surface area contributed by atoms with E-state index in [0.29, 0.717) is 6.61 Å². The Kier molecular flexibility index (Phi) is 3.42. The topological polar surface area (TPSA) is 39.9 Å². The van der Waals surface area contributed by atoms with Crippen molar-refractivity contribution in [2.24, 2.45) is 0 Å². The van der Waals surface area contributed by atoms with Gasteiger partial charge in [0.05, 0.1) is 29.9 Å². The Morgan fingerprint density at radius 1 is 1.29 bits per heavy atom. The van der Waals surface area contributed by atoms with Crippen molar-refractivity contribution in [2.75, 3.05) is 6.61 Å². The minimum atomic E-state index is 0.660. The molecule has 2 rings (SSSR count). The molecule has 17 heavy (non-hydrogen) atoms. The van der Waals surface area contributed by atoms with Crippen LogP contribution < -0.4 is 4.74 Å². The molecule has 0 amide bonds. The average molecular weight is 231 g/mol. The first-order chi connectivity index (χ1) is 8.24. The molecule has 0 bridgehead atoms. The smallest absolute Gasteiger partial charge is 0.137 e. The summed E-state index contributed by atoms with van der Waals surface area (Å²) in [5.41, 5.74) is 2.99. The summed E-state index contributed by atoms with van der Waals surface area (Å²) in [6.07, 6.45) is 1.75. The van der Waals surface area contributed by atoms with Gasteiger partial charge in [-0.25, -0.2) is 0 Å². The third-order valence-corrected chi connectivity index (χ3v) is 2.51. The van der Waals surface area contributed by atoms with Crippen LogP contribution in [-0.2, 0) is 6.54 Å². The maximum atomic E-state index is 5.37. The Labute approximate surface area is 101 Å². The lowest BCUT2D eigenvalue weighted by Crippen LogP contribution is -2.00. The van der Waals surface area contributed by atoms with E-state index in [1.807, 2.05) is 36.7 Å². The molecule has 0 saturated heterocycles. The molecule has 0 spiro atoms. The molecule has 0 unspecified atom stereocenters. The van der Waals surface area contributed by atoms with E-state index in [9.17, 15) is 0 Å². The van der Waals surface area contributed by atoms with E-state index in [1.165, 1.54) is 0 Å². The van der Waals surface area contributed by atoms with Crippen LogP contribution in [-0.4, -0.2) is 21.4 Å². The minimum absolute atomic E-state index is 0.660. The van der Waals surface area contributed by atoms with Crippen molar-refractivity contribution in [2.45, 2.75) is 27.3 Å². The fourth-order valence-corrected chi connectivity index (χ4v) is 1.78. The summed E-state index contributed by atoms with van der Waals surface area (Å²) in [7, 11) is 0. The molecule has 2 heterocycles. The van der Waals surface area contributed by atoms with Gasteiger partial charge >= 0.3 is 0 Å². The minimum Gasteiger partial charge on any atom is -0.492 e. The molecule has 2 aromatic heterocycles. The van der Waals surface area contributed by atoms with Crippen molar-refractivity contribution in [3.05, 3.63) is 30.1 Å². The quantitative estimate of drug-likeness (QED) is 0.812. The second-order valence-electron chi connectivity index (χ2n) is 3.80. The molecular formula is C13H17N3O. The number of hydrogen-bond donors (Lipinski definition) is 0. The van der Waals surface area contributed by atoms with Gasteiger partial charge in [-0.2, -0.15) is 5.10 Å². The number of aryl methyl sites for hydroxylation is 2. The highest BCUT2D eigenvalue weighted by atomic mass is 16.5. The van der Waals surface area contributed by atoms with E-state index in [2.05, 4.69) is 17.0 Å². The Hall–Kier alpha value is -1.84. The zero-order chi connectivity index (χ0) is 12.3. The van der Waals surface area contributed by atoms with Gasteiger partial charge in [0.1, 0.15) is 5.75 Å². The number of rotatable bonds is 4. The fraction of sp³-hybridized carbons (Fsp3) is 0.385. The average Bonchev–Trinajstić information content (AvgIpc) is 2.72. The van der Waals surface area contributed by atoms with E-state index < -0.39 is 0 Å². The number of pyridine rings is 1. The molecule has 0 N–H and O–H groups in total. The SMILES string of the molecule is CCOc1ccc(-c2cc(C)nn2CC)nc1. The normalized spacial score (nSPS) is 10.5. The Morgan fingerprint density at radius 2 is 2.12 bits per heavy atom. The molecule has 4 heteroatoms. The van der Waals surface area contributed by atoms with E-state index >= 15 is 0 Å². The van der Waals surface area contributed by atoms with E-state index in [1.54, 1.807) is 6.20 Å². The van der Waals surface area contributed by atoms with Gasteiger partial charge in [-0.05, 0) is 39.0 Å². The first-order valence-electron chi connectivity index (χ1n) is 5.88. The van der Waals surface area contributed by atoms with Crippen LogP contribution in [0.25, 0.3) is 11.4 Å². The molecule has 0 aliphatic heterocycles. The molecule has 0 atom stereocenters. The largest absolute Gasteiger partial charge is 0.492 e. The first kappa shape index (κ1) is 11.6. The van der Waals surface area contributed by atoms with Gasteiger partial charge in [-0.1, -0.05) is 0 Å². The van der Waals surface area contributed by atoms with Gasteiger partial charge in [0.2, 0.25) is 0 Å². The van der Waals surface area contributed by atoms with Gasteiger partial charge in [0, 0.05) is 6.54 Å². The van der Waals surface area contributed by atoms with Crippen molar-refractivity contribution in [3.8, 4) is 17.1 Å². The van der Waals surface area contributed by atoms with Gasteiger partial charge in [-0.15, -0.1) is 0 Å². The van der Waals surface area contributed by atoms with Crippen molar-refractivity contribution < 1.29 is 4.74 Å². The molecule has 0 aliphatic rings. The fourth-order valence-electron chi connectivity index (χ4n) is 1.78. The van der Waals surface area contributed by atoms with E-state index in [-0.39, 0.29) is 0 Å². The van der Waals surface area contributed by atoms with Crippen LogP contribution in [0, 0.1) is 6.92 Å². The van der Waals surface area contributed by atoms with E-state index in [0.717, 1.165) is 29.4 Å². The third-order valence-electron chi connectivity index (χ3n) is 2.51. The van der Waals surface area contributed by atoms with Crippen molar-refractivity contribution in [1.29, 1.82) is 0 Å². The van der Waals surface area contributed by atoms with Crippen LogP contribution in [0.5, 0.6) is 5.75 Å². The lowest BCUT2D eigenvalue weighted by Gasteiger charge is -2.05. The number of ether oxygens (including phenoxy) is 1. The highest BCUT2D eigenvalue weighted by Crippen LogP contribution is 2.20. The Balaban J connectivity index is 2.32. The Bertz CT molecular complexity index is 488. The standard InChI is InChI=1S/C13H17N3O/c1-4-16-13(8-10(3)15-16)12-7-6-11(9-14-12)17-5-2/h6-9H,4-5H2,1-3H3. The number of aromatic nitrogens is 3. The molecule has 0 saturated carbocycles. The van der Waals surface area contributed by atoms with Crippen LogP contribution in [0.3, 0.4) is 0 Å². The molecule has 0 aromatic carbocycles. The van der Waals surface area contributed by atoms with Crippen molar-refractivity contribution >= 4 is 0 Å². The highest BCUT2D eigenvalue weighted by Gasteiger charge is 2.07. The van der Waals surface area contributed by atoms with Gasteiger partial charge in [0.15, 0.2) is 0 Å². The third kappa shape index (κ3) is 2.46. The molecular weight excluding hydrogens is 214 g/mol. The molecule has 90 valence electrons. The van der Waals surface area contributed by atoms with Crippen LogP contribution in [0.1, 0.15) is 19.5 Å². The van der Waals surface area contributed by atoms with Crippen molar-refractivity contribution in [3.63, 3.8) is 0 Å². The predicted octanol–water partition coefficient (Wildman–Crippen LogP) is 2.67. The van der Waals surface area contributed by atoms with Gasteiger partial charge < -0.3 is 4.74 Å². The highest BCUT2D eigenvalue weighted by molar-refractivity contribution is 5.55.